The number of hydrogen-bond donors (Lipinski definition) is 1. The number of carbonyl (C=O) groups is 1. The van der Waals surface area contributed by atoms with Gasteiger partial charge in [-0.15, -0.1) is 0 Å². The minimum Gasteiger partial charge on any atom is -0.342 e. The number of likely N-dealkylation sites (tertiary alicyclic amines) is 1. The molecule has 0 bridgehead atoms. The smallest absolute Gasteiger partial charge is 0.226 e. The third-order valence-corrected chi connectivity index (χ3v) is 3.31. The van der Waals surface area contributed by atoms with E-state index in [0.717, 1.165) is 39.0 Å². The first kappa shape index (κ1) is 9.97. The molecule has 3 nitrogen and oxygen atoms in total. The van der Waals surface area contributed by atoms with E-state index in [1.807, 2.05) is 0 Å². The van der Waals surface area contributed by atoms with Gasteiger partial charge in [0.1, 0.15) is 0 Å². The van der Waals surface area contributed by atoms with E-state index in [4.69, 9.17) is 0 Å². The van der Waals surface area contributed by atoms with E-state index in [1.165, 1.54) is 19.3 Å². The van der Waals surface area contributed by atoms with Crippen LogP contribution in [-0.2, 0) is 4.79 Å². The molecule has 0 aromatic rings. The molecule has 0 spiro atoms. The fraction of sp³-hybridized carbons (Fsp3) is 0.909. The molecular weight excluding hydrogens is 176 g/mol. The summed E-state index contributed by atoms with van der Waals surface area (Å²) in [7, 11) is 0. The van der Waals surface area contributed by atoms with E-state index in [0.29, 0.717) is 5.91 Å². The van der Waals surface area contributed by atoms with Gasteiger partial charge in [-0.05, 0) is 38.6 Å². The van der Waals surface area contributed by atoms with E-state index in [-0.39, 0.29) is 5.92 Å². The molecule has 2 rings (SSSR count). The molecule has 0 radical (unpaired) electrons. The fourth-order valence-electron chi connectivity index (χ4n) is 2.44. The molecule has 3 heteroatoms. The Morgan fingerprint density at radius 1 is 1.14 bits per heavy atom. The van der Waals surface area contributed by atoms with Crippen molar-refractivity contribution in [3.63, 3.8) is 0 Å². The largest absolute Gasteiger partial charge is 0.342 e. The number of rotatable bonds is 1. The lowest BCUT2D eigenvalue weighted by Gasteiger charge is -2.32. The van der Waals surface area contributed by atoms with Gasteiger partial charge in [0.15, 0.2) is 0 Å². The maximum Gasteiger partial charge on any atom is 0.226 e. The molecule has 14 heavy (non-hydrogen) atoms. The second-order valence-electron chi connectivity index (χ2n) is 4.43. The zero-order valence-electron chi connectivity index (χ0n) is 8.80. The highest BCUT2D eigenvalue weighted by atomic mass is 16.2. The maximum atomic E-state index is 12.0. The Bertz CT molecular complexity index is 173. The molecule has 0 unspecified atom stereocenters. The Morgan fingerprint density at radius 3 is 2.57 bits per heavy atom. The maximum absolute atomic E-state index is 12.0. The summed E-state index contributed by atoms with van der Waals surface area (Å²) >= 11 is 0. The van der Waals surface area contributed by atoms with Gasteiger partial charge < -0.3 is 10.2 Å². The first-order chi connectivity index (χ1) is 6.88. The Hall–Kier alpha value is -0.570. The van der Waals surface area contributed by atoms with Crippen molar-refractivity contribution in [3.8, 4) is 0 Å². The van der Waals surface area contributed by atoms with Crippen LogP contribution in [0.2, 0.25) is 0 Å². The summed E-state index contributed by atoms with van der Waals surface area (Å²) in [6, 6.07) is 0. The van der Waals surface area contributed by atoms with E-state index in [9.17, 15) is 4.79 Å². The van der Waals surface area contributed by atoms with Gasteiger partial charge >= 0.3 is 0 Å². The summed E-state index contributed by atoms with van der Waals surface area (Å²) in [6.07, 6.45) is 5.94. The molecule has 2 aliphatic heterocycles. The summed E-state index contributed by atoms with van der Waals surface area (Å²) in [5.74, 6) is 0.666. The van der Waals surface area contributed by atoms with E-state index < -0.39 is 0 Å². The fourth-order valence-corrected chi connectivity index (χ4v) is 2.44. The minimum absolute atomic E-state index is 0.266. The lowest BCUT2D eigenvalue weighted by molar-refractivity contribution is -0.136. The lowest BCUT2D eigenvalue weighted by Crippen LogP contribution is -2.44. The zero-order chi connectivity index (χ0) is 9.80. The van der Waals surface area contributed by atoms with Crippen molar-refractivity contribution in [2.45, 2.75) is 32.1 Å². The number of amides is 1. The monoisotopic (exact) mass is 196 g/mol. The summed E-state index contributed by atoms with van der Waals surface area (Å²) in [4.78, 5) is 14.1. The van der Waals surface area contributed by atoms with Crippen molar-refractivity contribution in [2.75, 3.05) is 26.2 Å². The van der Waals surface area contributed by atoms with Gasteiger partial charge in [-0.3, -0.25) is 4.79 Å². The predicted molar refractivity (Wildman–Crippen MR) is 56.0 cm³/mol. The van der Waals surface area contributed by atoms with Crippen LogP contribution >= 0.6 is 0 Å². The minimum atomic E-state index is 0.266. The third-order valence-electron chi connectivity index (χ3n) is 3.31. The predicted octanol–water partition coefficient (Wildman–Crippen LogP) is 0.998. The SMILES string of the molecule is O=C([C@H]1CCCNC1)N1CCCCC1. The summed E-state index contributed by atoms with van der Waals surface area (Å²) in [5.41, 5.74) is 0. The molecule has 2 aliphatic rings. The molecule has 0 aromatic carbocycles. The standard InChI is InChI=1S/C11H20N2O/c14-11(10-5-4-6-12-9-10)13-7-2-1-3-8-13/h10,12H,1-9H2/t10-/m0/s1. The van der Waals surface area contributed by atoms with Gasteiger partial charge in [-0.2, -0.15) is 0 Å². The Labute approximate surface area is 85.8 Å². The quantitative estimate of drug-likeness (QED) is 0.678. The average molecular weight is 196 g/mol. The van der Waals surface area contributed by atoms with Crippen LogP contribution in [0, 0.1) is 5.92 Å². The Morgan fingerprint density at radius 2 is 1.93 bits per heavy atom. The number of hydrogen-bond acceptors (Lipinski definition) is 2. The molecule has 0 aliphatic carbocycles. The molecule has 2 saturated heterocycles. The van der Waals surface area contributed by atoms with Crippen LogP contribution in [0.15, 0.2) is 0 Å². The molecule has 2 fully saturated rings. The summed E-state index contributed by atoms with van der Waals surface area (Å²) in [6.45, 7) is 3.98. The number of piperidine rings is 2. The molecule has 2 heterocycles. The van der Waals surface area contributed by atoms with Crippen LogP contribution in [0.25, 0.3) is 0 Å². The summed E-state index contributed by atoms with van der Waals surface area (Å²) < 4.78 is 0. The normalized spacial score (nSPS) is 28.9. The van der Waals surface area contributed by atoms with Gasteiger partial charge in [0.25, 0.3) is 0 Å². The van der Waals surface area contributed by atoms with E-state index in [2.05, 4.69) is 10.2 Å². The number of nitrogens with one attached hydrogen (secondary N) is 1. The van der Waals surface area contributed by atoms with Crippen LogP contribution in [0.1, 0.15) is 32.1 Å². The molecule has 0 aromatic heterocycles. The number of nitrogens with zero attached hydrogens (tertiary/aromatic N) is 1. The van der Waals surface area contributed by atoms with Crippen molar-refractivity contribution in [3.05, 3.63) is 0 Å². The summed E-state index contributed by atoms with van der Waals surface area (Å²) in [5, 5.41) is 3.31. The second-order valence-corrected chi connectivity index (χ2v) is 4.43. The molecular formula is C11H20N2O. The highest BCUT2D eigenvalue weighted by Crippen LogP contribution is 2.17. The van der Waals surface area contributed by atoms with Crippen LogP contribution in [0.4, 0.5) is 0 Å². The second kappa shape index (κ2) is 4.78. The first-order valence-corrected chi connectivity index (χ1v) is 5.87. The number of carbonyl (C=O) groups excluding carboxylic acids is 1. The topological polar surface area (TPSA) is 32.3 Å². The van der Waals surface area contributed by atoms with Crippen LogP contribution < -0.4 is 5.32 Å². The van der Waals surface area contributed by atoms with Crippen LogP contribution in [0.3, 0.4) is 0 Å². The Balaban J connectivity index is 1.85. The van der Waals surface area contributed by atoms with E-state index in [1.54, 1.807) is 0 Å². The van der Waals surface area contributed by atoms with Crippen molar-refractivity contribution < 1.29 is 4.79 Å². The van der Waals surface area contributed by atoms with Gasteiger partial charge in [-0.25, -0.2) is 0 Å². The third kappa shape index (κ3) is 2.27. The lowest BCUT2D eigenvalue weighted by atomic mass is 9.97. The Kier molecular flexibility index (Phi) is 3.40. The van der Waals surface area contributed by atoms with Crippen LogP contribution in [0.5, 0.6) is 0 Å². The highest BCUT2D eigenvalue weighted by Gasteiger charge is 2.26. The van der Waals surface area contributed by atoms with Gasteiger partial charge in [0, 0.05) is 19.6 Å². The average Bonchev–Trinajstić information content (AvgIpc) is 2.30. The molecule has 80 valence electrons. The first-order valence-electron chi connectivity index (χ1n) is 5.87. The molecule has 1 atom stereocenters. The highest BCUT2D eigenvalue weighted by molar-refractivity contribution is 5.79. The van der Waals surface area contributed by atoms with Gasteiger partial charge in [-0.1, -0.05) is 0 Å². The van der Waals surface area contributed by atoms with Gasteiger partial charge in [0.2, 0.25) is 5.91 Å². The zero-order valence-corrected chi connectivity index (χ0v) is 8.80. The molecule has 1 amide bonds. The van der Waals surface area contributed by atoms with Crippen LogP contribution in [-0.4, -0.2) is 37.0 Å². The molecule has 0 saturated carbocycles. The van der Waals surface area contributed by atoms with Crippen molar-refractivity contribution in [1.29, 1.82) is 0 Å². The van der Waals surface area contributed by atoms with Crippen molar-refractivity contribution in [1.82, 2.24) is 10.2 Å². The van der Waals surface area contributed by atoms with Gasteiger partial charge in [0.05, 0.1) is 5.92 Å². The van der Waals surface area contributed by atoms with Crippen molar-refractivity contribution in [2.24, 2.45) is 5.92 Å². The van der Waals surface area contributed by atoms with Crippen molar-refractivity contribution >= 4 is 5.91 Å². The van der Waals surface area contributed by atoms with E-state index >= 15 is 0 Å². The molecule has 1 N–H and O–H groups in total.